The van der Waals surface area contributed by atoms with Crippen LogP contribution in [-0.2, 0) is 4.79 Å². The van der Waals surface area contributed by atoms with Crippen LogP contribution in [0.15, 0.2) is 0 Å². The largest absolute Gasteiger partial charge is 0.480 e. The van der Waals surface area contributed by atoms with Crippen LogP contribution in [0.25, 0.3) is 0 Å². The molecule has 2 unspecified atom stereocenters. The zero-order valence-electron chi connectivity index (χ0n) is 8.08. The molecule has 0 bridgehead atoms. The second-order valence-electron chi connectivity index (χ2n) is 3.87. The van der Waals surface area contributed by atoms with Crippen LogP contribution < -0.4 is 0 Å². The van der Waals surface area contributed by atoms with Crippen molar-refractivity contribution in [3.05, 3.63) is 0 Å². The van der Waals surface area contributed by atoms with Gasteiger partial charge in [-0.3, -0.25) is 4.79 Å². The molecule has 0 amide bonds. The number of carbonyl (C=O) groups is 1. The van der Waals surface area contributed by atoms with E-state index >= 15 is 0 Å². The second-order valence-corrected chi connectivity index (χ2v) is 3.87. The van der Waals surface area contributed by atoms with Gasteiger partial charge in [0, 0.05) is 0 Å². The van der Waals surface area contributed by atoms with Crippen LogP contribution >= 0.6 is 0 Å². The fourth-order valence-corrected chi connectivity index (χ4v) is 1.90. The molecule has 0 aromatic heterocycles. The molecule has 3 nitrogen and oxygen atoms in total. The Labute approximate surface area is 78.4 Å². The molecule has 0 spiro atoms. The zero-order valence-corrected chi connectivity index (χ0v) is 8.08. The lowest BCUT2D eigenvalue weighted by Crippen LogP contribution is -2.36. The second kappa shape index (κ2) is 3.37. The Hall–Kier alpha value is -1.04. The topological polar surface area (TPSA) is 61.1 Å². The van der Waals surface area contributed by atoms with Crippen LogP contribution in [0.4, 0.5) is 0 Å². The molecule has 0 aromatic rings. The van der Waals surface area contributed by atoms with Gasteiger partial charge in [0.1, 0.15) is 0 Å². The quantitative estimate of drug-likeness (QED) is 0.721. The van der Waals surface area contributed by atoms with E-state index in [1.165, 1.54) is 0 Å². The monoisotopic (exact) mass is 181 g/mol. The van der Waals surface area contributed by atoms with Crippen molar-refractivity contribution in [2.75, 3.05) is 0 Å². The first-order chi connectivity index (χ1) is 6.08. The van der Waals surface area contributed by atoms with Crippen LogP contribution in [0.3, 0.4) is 0 Å². The predicted octanol–water partition coefficient (Wildman–Crippen LogP) is 2.04. The number of carboxylic acid groups (broad SMARTS) is 1. The maximum Gasteiger partial charge on any atom is 0.324 e. The standard InChI is InChI=1S/C10H15NO2/c1-3-10(6-11,9(12)13)7(2)8-4-5-8/h7-8H,3-5H2,1-2H3,(H,12,13). The minimum atomic E-state index is -1.15. The van der Waals surface area contributed by atoms with Gasteiger partial charge in [0.15, 0.2) is 5.41 Å². The van der Waals surface area contributed by atoms with Crippen LogP contribution in [0.2, 0.25) is 0 Å². The lowest BCUT2D eigenvalue weighted by atomic mass is 9.73. The Balaban J connectivity index is 2.88. The van der Waals surface area contributed by atoms with Gasteiger partial charge in [-0.25, -0.2) is 0 Å². The van der Waals surface area contributed by atoms with Crippen LogP contribution in [-0.4, -0.2) is 11.1 Å². The highest BCUT2D eigenvalue weighted by molar-refractivity contribution is 5.78. The zero-order chi connectivity index (χ0) is 10.1. The number of hydrogen-bond acceptors (Lipinski definition) is 2. The Bertz CT molecular complexity index is 252. The number of aliphatic carboxylic acids is 1. The van der Waals surface area contributed by atoms with Gasteiger partial charge in [0.05, 0.1) is 6.07 Å². The fraction of sp³-hybridized carbons (Fsp3) is 0.800. The third kappa shape index (κ3) is 1.53. The van der Waals surface area contributed by atoms with E-state index in [0.717, 1.165) is 12.8 Å². The first-order valence-electron chi connectivity index (χ1n) is 4.73. The number of carboxylic acids is 1. The van der Waals surface area contributed by atoms with E-state index in [2.05, 4.69) is 0 Å². The van der Waals surface area contributed by atoms with Crippen molar-refractivity contribution >= 4 is 5.97 Å². The SMILES string of the molecule is CCC(C#N)(C(=O)O)C(C)C1CC1. The maximum atomic E-state index is 11.0. The maximum absolute atomic E-state index is 11.0. The molecule has 1 saturated carbocycles. The molecular weight excluding hydrogens is 166 g/mol. The van der Waals surface area contributed by atoms with Crippen LogP contribution in [0.5, 0.6) is 0 Å². The highest BCUT2D eigenvalue weighted by Crippen LogP contribution is 2.47. The number of nitriles is 1. The molecule has 0 radical (unpaired) electrons. The van der Waals surface area contributed by atoms with Gasteiger partial charge in [-0.15, -0.1) is 0 Å². The van der Waals surface area contributed by atoms with Crippen molar-refractivity contribution in [1.82, 2.24) is 0 Å². The first kappa shape index (κ1) is 10.0. The van der Waals surface area contributed by atoms with Crippen molar-refractivity contribution in [1.29, 1.82) is 5.26 Å². The summed E-state index contributed by atoms with van der Waals surface area (Å²) in [4.78, 5) is 11.0. The average molecular weight is 181 g/mol. The highest BCUT2D eigenvalue weighted by atomic mass is 16.4. The number of rotatable bonds is 4. The minimum absolute atomic E-state index is 0.0139. The van der Waals surface area contributed by atoms with E-state index in [1.54, 1.807) is 6.92 Å². The average Bonchev–Trinajstić information content (AvgIpc) is 2.89. The van der Waals surface area contributed by atoms with E-state index in [1.807, 2.05) is 13.0 Å². The van der Waals surface area contributed by atoms with Crippen LogP contribution in [0, 0.1) is 28.6 Å². The Morgan fingerprint density at radius 3 is 2.54 bits per heavy atom. The molecule has 13 heavy (non-hydrogen) atoms. The Kier molecular flexibility index (Phi) is 2.60. The fourth-order valence-electron chi connectivity index (χ4n) is 1.90. The molecular formula is C10H15NO2. The van der Waals surface area contributed by atoms with E-state index in [-0.39, 0.29) is 5.92 Å². The Morgan fingerprint density at radius 2 is 2.31 bits per heavy atom. The van der Waals surface area contributed by atoms with Crippen LogP contribution in [0.1, 0.15) is 33.1 Å². The number of nitrogens with zero attached hydrogens (tertiary/aromatic N) is 1. The molecule has 0 aliphatic heterocycles. The van der Waals surface area contributed by atoms with Crippen molar-refractivity contribution in [3.8, 4) is 6.07 Å². The van der Waals surface area contributed by atoms with Crippen molar-refractivity contribution in [2.45, 2.75) is 33.1 Å². The van der Waals surface area contributed by atoms with Gasteiger partial charge in [0.2, 0.25) is 0 Å². The summed E-state index contributed by atoms with van der Waals surface area (Å²) in [7, 11) is 0. The predicted molar refractivity (Wildman–Crippen MR) is 47.9 cm³/mol. The summed E-state index contributed by atoms with van der Waals surface area (Å²) in [5.41, 5.74) is -1.15. The molecule has 0 aromatic carbocycles. The highest BCUT2D eigenvalue weighted by Gasteiger charge is 2.48. The molecule has 72 valence electrons. The molecule has 0 heterocycles. The molecule has 3 heteroatoms. The smallest absolute Gasteiger partial charge is 0.324 e. The minimum Gasteiger partial charge on any atom is -0.480 e. The third-order valence-electron chi connectivity index (χ3n) is 3.25. The molecule has 1 N–H and O–H groups in total. The summed E-state index contributed by atoms with van der Waals surface area (Å²) in [5, 5.41) is 18.0. The summed E-state index contributed by atoms with van der Waals surface area (Å²) < 4.78 is 0. The van der Waals surface area contributed by atoms with Gasteiger partial charge < -0.3 is 5.11 Å². The summed E-state index contributed by atoms with van der Waals surface area (Å²) in [6.07, 6.45) is 2.56. The Morgan fingerprint density at radius 1 is 1.77 bits per heavy atom. The van der Waals surface area contributed by atoms with Gasteiger partial charge in [-0.1, -0.05) is 13.8 Å². The molecule has 1 aliphatic rings. The summed E-state index contributed by atoms with van der Waals surface area (Å²) >= 11 is 0. The molecule has 0 saturated heterocycles. The van der Waals surface area contributed by atoms with Gasteiger partial charge in [0.25, 0.3) is 0 Å². The van der Waals surface area contributed by atoms with E-state index in [0.29, 0.717) is 12.3 Å². The van der Waals surface area contributed by atoms with E-state index in [9.17, 15) is 4.79 Å². The van der Waals surface area contributed by atoms with E-state index < -0.39 is 11.4 Å². The van der Waals surface area contributed by atoms with Crippen molar-refractivity contribution in [2.24, 2.45) is 17.3 Å². The normalized spacial score (nSPS) is 22.8. The van der Waals surface area contributed by atoms with Gasteiger partial charge in [-0.05, 0) is 31.1 Å². The van der Waals surface area contributed by atoms with Gasteiger partial charge in [-0.2, -0.15) is 5.26 Å². The van der Waals surface area contributed by atoms with E-state index in [4.69, 9.17) is 10.4 Å². The molecule has 1 rings (SSSR count). The summed E-state index contributed by atoms with van der Waals surface area (Å²) in [6.45, 7) is 3.66. The van der Waals surface area contributed by atoms with Crippen molar-refractivity contribution < 1.29 is 9.90 Å². The lowest BCUT2D eigenvalue weighted by molar-refractivity contribution is -0.148. The van der Waals surface area contributed by atoms with Gasteiger partial charge >= 0.3 is 5.97 Å². The summed E-state index contributed by atoms with van der Waals surface area (Å²) in [5.74, 6) is -0.521. The number of hydrogen-bond donors (Lipinski definition) is 1. The summed E-state index contributed by atoms with van der Waals surface area (Å²) in [6, 6.07) is 1.99. The molecule has 2 atom stereocenters. The molecule has 1 aliphatic carbocycles. The molecule has 1 fully saturated rings. The first-order valence-corrected chi connectivity index (χ1v) is 4.73. The third-order valence-corrected chi connectivity index (χ3v) is 3.25. The van der Waals surface area contributed by atoms with Crippen molar-refractivity contribution in [3.63, 3.8) is 0 Å². The lowest BCUT2D eigenvalue weighted by Gasteiger charge is -2.27.